The Hall–Kier alpha value is -2.70. The van der Waals surface area contributed by atoms with Gasteiger partial charge in [0.1, 0.15) is 0 Å². The summed E-state index contributed by atoms with van der Waals surface area (Å²) in [6, 6.07) is 8.56. The molecule has 3 N–H and O–H groups in total. The van der Waals surface area contributed by atoms with Crippen LogP contribution in [-0.4, -0.2) is 52.7 Å². The lowest BCUT2D eigenvalue weighted by atomic mass is 9.96. The fourth-order valence-electron chi connectivity index (χ4n) is 4.35. The minimum atomic E-state index is -4.63. The molecular formula is C24H20Cl2F3N5O2S. The van der Waals surface area contributed by atoms with Gasteiger partial charge in [0.25, 0.3) is 0 Å². The Bertz CT molecular complexity index is 1510. The van der Waals surface area contributed by atoms with Crippen LogP contribution in [0.4, 0.5) is 18.3 Å². The van der Waals surface area contributed by atoms with Crippen LogP contribution in [0.3, 0.4) is 0 Å². The Labute approximate surface area is 223 Å². The highest BCUT2D eigenvalue weighted by molar-refractivity contribution is 7.17. The molecule has 0 saturated carbocycles. The van der Waals surface area contributed by atoms with Crippen LogP contribution >= 0.6 is 34.5 Å². The number of rotatable bonds is 5. The first kappa shape index (κ1) is 25.9. The summed E-state index contributed by atoms with van der Waals surface area (Å²) >= 11 is 13.2. The molecule has 1 atom stereocenters. The molecule has 0 amide bonds. The summed E-state index contributed by atoms with van der Waals surface area (Å²) in [5.41, 5.74) is 0.113. The van der Waals surface area contributed by atoms with Gasteiger partial charge in [0.05, 0.1) is 22.4 Å². The fourth-order valence-corrected chi connectivity index (χ4v) is 5.77. The minimum absolute atomic E-state index is 0.00582. The number of thiazole rings is 1. The van der Waals surface area contributed by atoms with Gasteiger partial charge in [0.15, 0.2) is 10.3 Å². The van der Waals surface area contributed by atoms with E-state index in [1.807, 2.05) is 4.90 Å². The molecule has 2 aliphatic heterocycles. The van der Waals surface area contributed by atoms with E-state index in [4.69, 9.17) is 23.2 Å². The number of anilines is 1. The lowest BCUT2D eigenvalue weighted by Crippen LogP contribution is -2.52. The first-order chi connectivity index (χ1) is 17.6. The van der Waals surface area contributed by atoms with Gasteiger partial charge in [-0.25, -0.2) is 0 Å². The van der Waals surface area contributed by atoms with Crippen molar-refractivity contribution in [2.24, 2.45) is 10.2 Å². The number of aromatic nitrogens is 1. The van der Waals surface area contributed by atoms with Gasteiger partial charge in [0, 0.05) is 42.7 Å². The number of nitrogens with one attached hydrogen (secondary N) is 1. The number of hydrogen-bond donors (Lipinski definition) is 3. The Morgan fingerprint density at radius 3 is 2.73 bits per heavy atom. The van der Waals surface area contributed by atoms with Crippen LogP contribution in [0.2, 0.25) is 5.02 Å². The summed E-state index contributed by atoms with van der Waals surface area (Å²) in [6.07, 6.45) is -4.79. The van der Waals surface area contributed by atoms with Gasteiger partial charge in [-0.15, -0.1) is 10.2 Å². The predicted octanol–water partition coefficient (Wildman–Crippen LogP) is 3.27. The zero-order valence-corrected chi connectivity index (χ0v) is 21.4. The molecule has 5 rings (SSSR count). The summed E-state index contributed by atoms with van der Waals surface area (Å²) in [6.45, 7) is 1.63. The number of aliphatic hydroxyl groups excluding tert-OH is 1. The topological polar surface area (TPSA) is 93.3 Å². The van der Waals surface area contributed by atoms with Crippen LogP contribution in [0.5, 0.6) is 5.88 Å². The molecular weight excluding hydrogens is 550 g/mol. The second-order valence-corrected chi connectivity index (χ2v) is 10.4. The van der Waals surface area contributed by atoms with E-state index < -0.39 is 11.7 Å². The molecule has 0 spiro atoms. The van der Waals surface area contributed by atoms with Gasteiger partial charge in [-0.2, -0.15) is 18.2 Å². The van der Waals surface area contributed by atoms with Crippen molar-refractivity contribution in [3.05, 3.63) is 73.6 Å². The van der Waals surface area contributed by atoms with E-state index in [2.05, 4.69) is 20.5 Å². The maximum atomic E-state index is 13.9. The average Bonchev–Trinajstić information content (AvgIpc) is 3.45. The Morgan fingerprint density at radius 1 is 1.16 bits per heavy atom. The molecule has 2 aromatic carbocycles. The molecule has 0 bridgehead atoms. The van der Waals surface area contributed by atoms with Gasteiger partial charge >= 0.3 is 6.18 Å². The summed E-state index contributed by atoms with van der Waals surface area (Å²) in [5.74, 6) is -0.290. The van der Waals surface area contributed by atoms with E-state index >= 15 is 0 Å². The molecule has 0 aliphatic carbocycles. The number of hydrogen-bond acceptors (Lipinski definition) is 8. The Morgan fingerprint density at radius 2 is 1.97 bits per heavy atom. The highest BCUT2D eigenvalue weighted by Crippen LogP contribution is 2.39. The van der Waals surface area contributed by atoms with E-state index in [0.29, 0.717) is 51.4 Å². The molecule has 3 heterocycles. The van der Waals surface area contributed by atoms with Crippen molar-refractivity contribution in [2.45, 2.75) is 18.6 Å². The van der Waals surface area contributed by atoms with Crippen molar-refractivity contribution in [1.82, 2.24) is 10.3 Å². The first-order valence-corrected chi connectivity index (χ1v) is 12.8. The largest absolute Gasteiger partial charge is 0.492 e. The molecule has 1 aromatic heterocycles. The predicted molar refractivity (Wildman–Crippen MR) is 137 cm³/mol. The van der Waals surface area contributed by atoms with Gasteiger partial charge in [-0.3, -0.25) is 0 Å². The number of nitrogens with zero attached hydrogens (tertiary/aromatic N) is 4. The fraction of sp³-hybridized carbons (Fsp3) is 0.292. The smallest absolute Gasteiger partial charge is 0.416 e. The zero-order valence-electron chi connectivity index (χ0n) is 19.1. The second kappa shape index (κ2) is 10.2. The van der Waals surface area contributed by atoms with Crippen molar-refractivity contribution in [3.8, 4) is 5.88 Å². The van der Waals surface area contributed by atoms with Crippen LogP contribution in [0, 0.1) is 0 Å². The van der Waals surface area contributed by atoms with Crippen LogP contribution < -0.4 is 20.8 Å². The number of benzene rings is 2. The van der Waals surface area contributed by atoms with Crippen LogP contribution in [-0.2, 0) is 12.6 Å². The van der Waals surface area contributed by atoms with E-state index in [1.165, 1.54) is 23.5 Å². The van der Waals surface area contributed by atoms with Crippen molar-refractivity contribution in [2.75, 3.05) is 31.1 Å². The van der Waals surface area contributed by atoms with Gasteiger partial charge in [-0.05, 0) is 40.6 Å². The number of piperazine rings is 1. The van der Waals surface area contributed by atoms with Crippen LogP contribution in [0.25, 0.3) is 5.57 Å². The molecule has 37 heavy (non-hydrogen) atoms. The van der Waals surface area contributed by atoms with Gasteiger partial charge < -0.3 is 20.4 Å². The Balaban J connectivity index is 1.66. The average molecular weight is 570 g/mol. The van der Waals surface area contributed by atoms with Crippen LogP contribution in [0.1, 0.15) is 21.6 Å². The molecule has 3 aromatic rings. The number of aromatic hydroxyl groups is 1. The quantitative estimate of drug-likeness (QED) is 0.438. The highest BCUT2D eigenvalue weighted by atomic mass is 35.5. The number of fused-ring (bicyclic) bond motifs is 1. The van der Waals surface area contributed by atoms with Gasteiger partial charge in [-0.1, -0.05) is 46.7 Å². The lowest BCUT2D eigenvalue weighted by Gasteiger charge is -2.32. The lowest BCUT2D eigenvalue weighted by molar-refractivity contribution is -0.138. The SMILES string of the molecule is OC[C@H]1CN(c2nc(O)c(C(Cc3ccc(Cl)cc3C(F)(F)F)=c3ccc4c(c3)C(Cl)=NN=4)s2)CCN1. The van der Waals surface area contributed by atoms with E-state index in [0.717, 1.165) is 6.07 Å². The molecule has 13 heteroatoms. The normalized spacial score (nSPS) is 18.4. The molecule has 7 nitrogen and oxygen atoms in total. The standard InChI is InChI=1S/C24H20Cl2F3N5O2S/c25-14-3-1-13(18(9-14)24(27,28)29)8-16(12-2-4-19-17(7-12)21(26)33-32-19)20-22(36)31-23(37-20)34-6-5-30-15(10-34)11-35/h1-4,7,9,15,30,35-36H,5-6,8,10-11H2/t15-/m1/s1. The number of halogens is 5. The second-order valence-electron chi connectivity index (χ2n) is 8.61. The monoisotopic (exact) mass is 569 g/mol. The maximum Gasteiger partial charge on any atom is 0.416 e. The third-order valence-corrected chi connectivity index (χ3v) is 7.86. The van der Waals surface area contributed by atoms with Crippen molar-refractivity contribution in [3.63, 3.8) is 0 Å². The van der Waals surface area contributed by atoms with Crippen molar-refractivity contribution in [1.29, 1.82) is 0 Å². The molecule has 2 aliphatic rings. The minimum Gasteiger partial charge on any atom is -0.492 e. The molecule has 0 radical (unpaired) electrons. The number of alkyl halides is 3. The van der Waals surface area contributed by atoms with E-state index in [1.54, 1.807) is 18.2 Å². The molecule has 0 unspecified atom stereocenters. The molecule has 1 saturated heterocycles. The first-order valence-electron chi connectivity index (χ1n) is 11.2. The van der Waals surface area contributed by atoms with Crippen LogP contribution in [0.15, 0.2) is 46.6 Å². The summed E-state index contributed by atoms with van der Waals surface area (Å²) < 4.78 is 41.7. The van der Waals surface area contributed by atoms with E-state index in [-0.39, 0.29) is 40.7 Å². The summed E-state index contributed by atoms with van der Waals surface area (Å²) in [7, 11) is 0. The van der Waals surface area contributed by atoms with Crippen molar-refractivity contribution >= 4 is 50.4 Å². The van der Waals surface area contributed by atoms with Crippen molar-refractivity contribution < 1.29 is 23.4 Å². The Kier molecular flexibility index (Phi) is 7.16. The maximum absolute atomic E-state index is 13.9. The summed E-state index contributed by atoms with van der Waals surface area (Å²) in [5, 5.41) is 33.2. The van der Waals surface area contributed by atoms with Gasteiger partial charge in [0.2, 0.25) is 5.88 Å². The third-order valence-electron chi connectivity index (χ3n) is 6.18. The number of aliphatic hydroxyl groups is 1. The third kappa shape index (κ3) is 5.32. The molecule has 194 valence electrons. The summed E-state index contributed by atoms with van der Waals surface area (Å²) in [4.78, 5) is 6.58. The highest BCUT2D eigenvalue weighted by Gasteiger charge is 2.34. The zero-order chi connectivity index (χ0) is 26.3. The molecule has 1 fully saturated rings. The van der Waals surface area contributed by atoms with E-state index in [9.17, 15) is 23.4 Å².